The summed E-state index contributed by atoms with van der Waals surface area (Å²) in [5, 5.41) is 9.95. The third kappa shape index (κ3) is 4.14. The van der Waals surface area contributed by atoms with Crippen molar-refractivity contribution in [2.45, 2.75) is 58.6 Å². The van der Waals surface area contributed by atoms with E-state index >= 15 is 0 Å². The SMILES string of the molecule is Cc1cc(OCCC(C)(C)O)cc(C)c1-c1cccc2c1CCC2N1C(=O)c2ccccc2C1=O. The molecular weight excluding hydrogens is 438 g/mol. The van der Waals surface area contributed by atoms with Gasteiger partial charge in [0, 0.05) is 6.42 Å². The zero-order valence-corrected chi connectivity index (χ0v) is 20.7. The molecule has 1 aliphatic heterocycles. The van der Waals surface area contributed by atoms with Crippen LogP contribution in [0.1, 0.15) is 75.7 Å². The number of amides is 2. The van der Waals surface area contributed by atoms with Crippen LogP contribution in [0.2, 0.25) is 0 Å². The maximum Gasteiger partial charge on any atom is 0.262 e. The smallest absolute Gasteiger partial charge is 0.262 e. The molecule has 2 amide bonds. The highest BCUT2D eigenvalue weighted by atomic mass is 16.5. The zero-order valence-electron chi connectivity index (χ0n) is 20.7. The van der Waals surface area contributed by atoms with Crippen molar-refractivity contribution in [2.24, 2.45) is 0 Å². The van der Waals surface area contributed by atoms with E-state index in [4.69, 9.17) is 4.74 Å². The Hall–Kier alpha value is -3.44. The number of aryl methyl sites for hydroxylation is 2. The molecule has 1 N–H and O–H groups in total. The average molecular weight is 470 g/mol. The molecule has 5 nitrogen and oxygen atoms in total. The van der Waals surface area contributed by atoms with Gasteiger partial charge in [0.05, 0.1) is 29.4 Å². The minimum Gasteiger partial charge on any atom is -0.493 e. The van der Waals surface area contributed by atoms with Gasteiger partial charge in [0.25, 0.3) is 11.8 Å². The second-order valence-electron chi connectivity index (χ2n) is 10.3. The molecule has 1 unspecified atom stereocenters. The molecule has 2 aliphatic rings. The quantitative estimate of drug-likeness (QED) is 0.464. The van der Waals surface area contributed by atoms with E-state index < -0.39 is 5.60 Å². The van der Waals surface area contributed by atoms with Crippen molar-refractivity contribution < 1.29 is 19.4 Å². The van der Waals surface area contributed by atoms with Crippen molar-refractivity contribution >= 4 is 11.8 Å². The summed E-state index contributed by atoms with van der Waals surface area (Å²) in [4.78, 5) is 27.7. The molecule has 0 bridgehead atoms. The van der Waals surface area contributed by atoms with Gasteiger partial charge in [-0.2, -0.15) is 0 Å². The van der Waals surface area contributed by atoms with Gasteiger partial charge in [0.1, 0.15) is 5.75 Å². The van der Waals surface area contributed by atoms with Crippen LogP contribution in [0, 0.1) is 13.8 Å². The fraction of sp³-hybridized carbons (Fsp3) is 0.333. The van der Waals surface area contributed by atoms with E-state index in [1.807, 2.05) is 18.2 Å². The average Bonchev–Trinajstić information content (AvgIpc) is 3.32. The number of rotatable bonds is 6. The molecule has 180 valence electrons. The summed E-state index contributed by atoms with van der Waals surface area (Å²) in [5.41, 5.74) is 7.03. The van der Waals surface area contributed by atoms with E-state index in [0.717, 1.165) is 40.8 Å². The van der Waals surface area contributed by atoms with Crippen LogP contribution < -0.4 is 4.74 Å². The van der Waals surface area contributed by atoms with E-state index in [1.54, 1.807) is 38.1 Å². The van der Waals surface area contributed by atoms with Gasteiger partial charge < -0.3 is 9.84 Å². The number of ether oxygens (including phenoxy) is 1. The van der Waals surface area contributed by atoms with Gasteiger partial charge >= 0.3 is 0 Å². The number of aliphatic hydroxyl groups is 1. The van der Waals surface area contributed by atoms with Crippen LogP contribution in [0.3, 0.4) is 0 Å². The van der Waals surface area contributed by atoms with E-state index in [1.165, 1.54) is 16.0 Å². The summed E-state index contributed by atoms with van der Waals surface area (Å²) in [6, 6.07) is 17.1. The van der Waals surface area contributed by atoms with Crippen LogP contribution in [0.25, 0.3) is 11.1 Å². The molecule has 0 radical (unpaired) electrons. The summed E-state index contributed by atoms with van der Waals surface area (Å²) >= 11 is 0. The van der Waals surface area contributed by atoms with Crippen molar-refractivity contribution in [3.8, 4) is 16.9 Å². The number of fused-ring (bicyclic) bond motifs is 2. The molecule has 0 aromatic heterocycles. The fourth-order valence-electron chi connectivity index (χ4n) is 5.48. The molecule has 0 saturated carbocycles. The lowest BCUT2D eigenvalue weighted by molar-refractivity contribution is 0.0550. The largest absolute Gasteiger partial charge is 0.493 e. The molecule has 1 heterocycles. The lowest BCUT2D eigenvalue weighted by Gasteiger charge is -2.23. The molecule has 3 aromatic carbocycles. The van der Waals surface area contributed by atoms with E-state index in [9.17, 15) is 14.7 Å². The minimum atomic E-state index is -0.759. The number of benzene rings is 3. The highest BCUT2D eigenvalue weighted by Gasteiger charge is 2.42. The first kappa shape index (κ1) is 23.3. The van der Waals surface area contributed by atoms with E-state index in [-0.39, 0.29) is 17.9 Å². The van der Waals surface area contributed by atoms with Crippen LogP contribution in [-0.2, 0) is 6.42 Å². The maximum atomic E-state index is 13.1. The summed E-state index contributed by atoms with van der Waals surface area (Å²) in [6.07, 6.45) is 2.10. The third-order valence-electron chi connectivity index (χ3n) is 7.13. The van der Waals surface area contributed by atoms with Crippen molar-refractivity contribution in [3.63, 3.8) is 0 Å². The number of nitrogens with zero attached hydrogens (tertiary/aromatic N) is 1. The first-order valence-electron chi connectivity index (χ1n) is 12.2. The molecule has 1 aliphatic carbocycles. The van der Waals surface area contributed by atoms with Crippen LogP contribution >= 0.6 is 0 Å². The lowest BCUT2D eigenvalue weighted by atomic mass is 9.90. The second kappa shape index (κ2) is 8.65. The number of carbonyl (C=O) groups is 2. The normalized spacial score (nSPS) is 17.1. The Kier molecular flexibility index (Phi) is 5.76. The summed E-state index contributed by atoms with van der Waals surface area (Å²) < 4.78 is 5.92. The predicted molar refractivity (Wildman–Crippen MR) is 136 cm³/mol. The molecule has 3 aromatic rings. The number of hydrogen-bond acceptors (Lipinski definition) is 4. The van der Waals surface area contributed by atoms with Gasteiger partial charge in [-0.1, -0.05) is 30.3 Å². The van der Waals surface area contributed by atoms with Gasteiger partial charge in [-0.3, -0.25) is 14.5 Å². The van der Waals surface area contributed by atoms with Crippen LogP contribution in [0.15, 0.2) is 54.6 Å². The highest BCUT2D eigenvalue weighted by Crippen LogP contribution is 2.45. The molecular formula is C30H31NO4. The zero-order chi connectivity index (χ0) is 24.9. The lowest BCUT2D eigenvalue weighted by Crippen LogP contribution is -2.33. The van der Waals surface area contributed by atoms with Crippen LogP contribution in [-0.4, -0.2) is 34.0 Å². The third-order valence-corrected chi connectivity index (χ3v) is 7.13. The van der Waals surface area contributed by atoms with Gasteiger partial charge in [-0.15, -0.1) is 0 Å². The molecule has 5 rings (SSSR count). The van der Waals surface area contributed by atoms with Crippen molar-refractivity contribution in [1.29, 1.82) is 0 Å². The Bertz CT molecular complexity index is 1280. The van der Waals surface area contributed by atoms with Crippen LogP contribution in [0.4, 0.5) is 0 Å². The van der Waals surface area contributed by atoms with Crippen molar-refractivity contribution in [1.82, 2.24) is 4.90 Å². The first-order valence-corrected chi connectivity index (χ1v) is 12.2. The molecule has 1 atom stereocenters. The van der Waals surface area contributed by atoms with Gasteiger partial charge in [0.2, 0.25) is 0 Å². The van der Waals surface area contributed by atoms with E-state index in [2.05, 4.69) is 26.0 Å². The predicted octanol–water partition coefficient (Wildman–Crippen LogP) is 5.79. The van der Waals surface area contributed by atoms with Gasteiger partial charge in [-0.25, -0.2) is 0 Å². The van der Waals surface area contributed by atoms with Gasteiger partial charge in [-0.05, 0) is 98.2 Å². The fourth-order valence-corrected chi connectivity index (χ4v) is 5.48. The summed E-state index contributed by atoms with van der Waals surface area (Å²) in [6.45, 7) is 8.18. The maximum absolute atomic E-state index is 13.1. The first-order chi connectivity index (χ1) is 16.7. The Morgan fingerprint density at radius 2 is 1.54 bits per heavy atom. The molecule has 35 heavy (non-hydrogen) atoms. The van der Waals surface area contributed by atoms with Crippen molar-refractivity contribution in [3.05, 3.63) is 88.0 Å². The van der Waals surface area contributed by atoms with Gasteiger partial charge in [0.15, 0.2) is 0 Å². The van der Waals surface area contributed by atoms with E-state index in [0.29, 0.717) is 24.2 Å². The molecule has 0 spiro atoms. The van der Waals surface area contributed by atoms with Crippen LogP contribution in [0.5, 0.6) is 5.75 Å². The monoisotopic (exact) mass is 469 g/mol. The molecule has 0 fully saturated rings. The Morgan fingerprint density at radius 1 is 0.943 bits per heavy atom. The standard InChI is InChI=1S/C30H31NO4/c1-18-16-20(35-15-14-30(3,4)34)17-19(2)27(18)23-11-7-10-22-21(23)12-13-26(22)31-28(32)24-8-5-6-9-25(24)29(31)33/h5-11,16-17,26,34H,12-15H2,1-4H3. The summed E-state index contributed by atoms with van der Waals surface area (Å²) in [7, 11) is 0. The number of imide groups is 1. The number of hydrogen-bond donors (Lipinski definition) is 1. The minimum absolute atomic E-state index is 0.200. The molecule has 5 heteroatoms. The second-order valence-corrected chi connectivity index (χ2v) is 10.3. The molecule has 0 saturated heterocycles. The Balaban J connectivity index is 1.46. The summed E-state index contributed by atoms with van der Waals surface area (Å²) in [5.74, 6) is 0.395. The number of carbonyl (C=O) groups excluding carboxylic acids is 2. The Morgan fingerprint density at radius 3 is 2.14 bits per heavy atom. The van der Waals surface area contributed by atoms with Crippen molar-refractivity contribution in [2.75, 3.05) is 6.61 Å². The highest BCUT2D eigenvalue weighted by molar-refractivity contribution is 6.21. The topological polar surface area (TPSA) is 66.8 Å². The Labute approximate surface area is 206 Å².